The number of rotatable bonds is 12. The lowest BCUT2D eigenvalue weighted by Crippen LogP contribution is -2.03. The summed E-state index contributed by atoms with van der Waals surface area (Å²) in [5.41, 5.74) is 4.82. The molecule has 0 aliphatic rings. The van der Waals surface area contributed by atoms with Gasteiger partial charge >= 0.3 is 11.9 Å². The van der Waals surface area contributed by atoms with Crippen LogP contribution in [0.1, 0.15) is 60.4 Å². The van der Waals surface area contributed by atoms with Crippen molar-refractivity contribution in [1.82, 2.24) is 0 Å². The van der Waals surface area contributed by atoms with Crippen LogP contribution in [0, 0.1) is 23.7 Å². The van der Waals surface area contributed by atoms with Gasteiger partial charge in [0.2, 0.25) is 0 Å². The van der Waals surface area contributed by atoms with Gasteiger partial charge in [-0.15, -0.1) is 0 Å². The fraction of sp³-hybridized carbons (Fsp3) is 0.182. The molecule has 0 fully saturated rings. The molecule has 0 atom stereocenters. The summed E-state index contributed by atoms with van der Waals surface area (Å²) < 4.78 is 16.4. The molecular formula is C44H38O5. The van der Waals surface area contributed by atoms with Crippen molar-refractivity contribution < 1.29 is 23.8 Å². The molecule has 5 heteroatoms. The molecule has 0 heterocycles. The average molecular weight is 647 g/mol. The summed E-state index contributed by atoms with van der Waals surface area (Å²) in [5.74, 6) is 13.8. The first-order valence-corrected chi connectivity index (χ1v) is 16.5. The SMILES string of the molecule is C=CC(=O)OCCCCCCOc1ccc2cc(C#Cc3ccc(C#Cc4ccc(OC(=O)C=C)c5ccccc45)cc3CC)ccc2c1. The number of hydrogen-bond donors (Lipinski definition) is 0. The van der Waals surface area contributed by atoms with E-state index in [1.54, 1.807) is 6.07 Å². The van der Waals surface area contributed by atoms with Crippen LogP contribution in [0.4, 0.5) is 0 Å². The summed E-state index contributed by atoms with van der Waals surface area (Å²) in [5, 5.41) is 3.94. The Bertz CT molecular complexity index is 2130. The molecule has 0 aliphatic heterocycles. The third-order valence-corrected chi connectivity index (χ3v) is 7.96. The fourth-order valence-electron chi connectivity index (χ4n) is 5.36. The fourth-order valence-corrected chi connectivity index (χ4v) is 5.36. The van der Waals surface area contributed by atoms with Crippen LogP contribution in [-0.4, -0.2) is 25.2 Å². The van der Waals surface area contributed by atoms with Crippen molar-refractivity contribution in [3.05, 3.63) is 144 Å². The topological polar surface area (TPSA) is 61.8 Å². The second kappa shape index (κ2) is 17.2. The van der Waals surface area contributed by atoms with Crippen molar-refractivity contribution in [2.45, 2.75) is 39.0 Å². The van der Waals surface area contributed by atoms with Crippen LogP contribution in [-0.2, 0) is 20.7 Å². The second-order valence-electron chi connectivity index (χ2n) is 11.4. The lowest BCUT2D eigenvalue weighted by molar-refractivity contribution is -0.137. The molecule has 5 aromatic carbocycles. The maximum atomic E-state index is 11.8. The molecule has 5 rings (SSSR count). The maximum absolute atomic E-state index is 11.8. The standard InChI is InChI=1S/C44H38O5/c1-4-34-29-32(17-21-36-24-26-42(49-44(46)6-3)41-14-10-9-13-40(36)41)15-19-35(34)20-16-33-18-22-38-31-39(25-23-37(38)30-33)47-27-11-7-8-12-28-48-43(45)5-2/h5-6,9-10,13-15,18-19,22-26,29-31H,2-4,7-8,11-12,27-28H2,1H3. The Hall–Kier alpha value is -6.04. The molecule has 5 nitrogen and oxygen atoms in total. The van der Waals surface area contributed by atoms with Gasteiger partial charge in [-0.25, -0.2) is 9.59 Å². The summed E-state index contributed by atoms with van der Waals surface area (Å²) in [4.78, 5) is 22.9. The van der Waals surface area contributed by atoms with E-state index in [-0.39, 0.29) is 5.97 Å². The van der Waals surface area contributed by atoms with Gasteiger partial charge in [-0.2, -0.15) is 0 Å². The smallest absolute Gasteiger partial charge is 0.335 e. The molecule has 0 unspecified atom stereocenters. The third-order valence-electron chi connectivity index (χ3n) is 7.96. The van der Waals surface area contributed by atoms with Gasteiger partial charge in [0.1, 0.15) is 11.5 Å². The van der Waals surface area contributed by atoms with Crippen LogP contribution in [0.15, 0.2) is 116 Å². The molecule has 0 bridgehead atoms. The Morgan fingerprint density at radius 3 is 2.08 bits per heavy atom. The quantitative estimate of drug-likeness (QED) is 0.0445. The Morgan fingerprint density at radius 1 is 0.653 bits per heavy atom. The van der Waals surface area contributed by atoms with E-state index in [4.69, 9.17) is 14.2 Å². The molecule has 0 saturated carbocycles. The van der Waals surface area contributed by atoms with Crippen LogP contribution in [0.2, 0.25) is 0 Å². The molecule has 0 spiro atoms. The molecular weight excluding hydrogens is 608 g/mol. The number of esters is 2. The van der Waals surface area contributed by atoms with Crippen molar-refractivity contribution in [3.63, 3.8) is 0 Å². The Morgan fingerprint density at radius 2 is 1.31 bits per heavy atom. The zero-order valence-electron chi connectivity index (χ0n) is 27.7. The third kappa shape index (κ3) is 9.50. The molecule has 0 N–H and O–H groups in total. The van der Waals surface area contributed by atoms with Crippen molar-refractivity contribution >= 4 is 33.5 Å². The second-order valence-corrected chi connectivity index (χ2v) is 11.4. The van der Waals surface area contributed by atoms with E-state index in [1.807, 2.05) is 54.6 Å². The highest BCUT2D eigenvalue weighted by Gasteiger charge is 2.08. The molecule has 0 aromatic heterocycles. The Balaban J connectivity index is 1.22. The minimum Gasteiger partial charge on any atom is -0.494 e. The number of carbonyl (C=O) groups excluding carboxylic acids is 2. The summed E-state index contributed by atoms with van der Waals surface area (Å²) >= 11 is 0. The summed E-state index contributed by atoms with van der Waals surface area (Å²) in [7, 11) is 0. The largest absolute Gasteiger partial charge is 0.494 e. The number of fused-ring (bicyclic) bond motifs is 2. The number of aryl methyl sites for hydroxylation is 1. The molecule has 49 heavy (non-hydrogen) atoms. The monoisotopic (exact) mass is 646 g/mol. The summed E-state index contributed by atoms with van der Waals surface area (Å²) in [6.45, 7) is 10.1. The molecule has 0 amide bonds. The van der Waals surface area contributed by atoms with Gasteiger partial charge in [-0.1, -0.05) is 80.2 Å². The highest BCUT2D eigenvalue weighted by Crippen LogP contribution is 2.29. The highest BCUT2D eigenvalue weighted by atomic mass is 16.5. The Kier molecular flexibility index (Phi) is 12.0. The van der Waals surface area contributed by atoms with E-state index in [9.17, 15) is 9.59 Å². The summed E-state index contributed by atoms with van der Waals surface area (Å²) in [6, 6.07) is 29.9. The van der Waals surface area contributed by atoms with Crippen LogP contribution in [0.5, 0.6) is 11.5 Å². The van der Waals surface area contributed by atoms with Gasteiger partial charge in [0.25, 0.3) is 0 Å². The number of carbonyl (C=O) groups is 2. The minimum atomic E-state index is -0.498. The molecule has 5 aromatic rings. The van der Waals surface area contributed by atoms with Crippen LogP contribution in [0.25, 0.3) is 21.5 Å². The number of benzene rings is 5. The minimum absolute atomic E-state index is 0.371. The molecule has 0 aliphatic carbocycles. The normalized spacial score (nSPS) is 10.3. The van der Waals surface area contributed by atoms with Gasteiger partial charge in [0.15, 0.2) is 0 Å². The van der Waals surface area contributed by atoms with Gasteiger partial charge in [-0.05, 0) is 103 Å². The number of unbranched alkanes of at least 4 members (excludes halogenated alkanes) is 3. The van der Waals surface area contributed by atoms with Crippen molar-refractivity contribution in [3.8, 4) is 35.2 Å². The predicted molar refractivity (Wildman–Crippen MR) is 197 cm³/mol. The first-order chi connectivity index (χ1) is 24.0. The van der Waals surface area contributed by atoms with E-state index >= 15 is 0 Å². The lowest BCUT2D eigenvalue weighted by Gasteiger charge is -2.08. The predicted octanol–water partition coefficient (Wildman–Crippen LogP) is 9.11. The van der Waals surface area contributed by atoms with E-state index in [0.29, 0.717) is 19.0 Å². The van der Waals surface area contributed by atoms with E-state index in [2.05, 4.69) is 74.1 Å². The zero-order valence-corrected chi connectivity index (χ0v) is 27.7. The van der Waals surface area contributed by atoms with Gasteiger partial charge in [0, 0.05) is 45.2 Å². The first-order valence-electron chi connectivity index (χ1n) is 16.5. The van der Waals surface area contributed by atoms with Crippen molar-refractivity contribution in [1.29, 1.82) is 0 Å². The van der Waals surface area contributed by atoms with E-state index in [0.717, 1.165) is 93.3 Å². The van der Waals surface area contributed by atoms with E-state index < -0.39 is 5.97 Å². The molecule has 244 valence electrons. The van der Waals surface area contributed by atoms with Crippen LogP contribution >= 0.6 is 0 Å². The maximum Gasteiger partial charge on any atom is 0.335 e. The molecule has 0 radical (unpaired) electrons. The van der Waals surface area contributed by atoms with Gasteiger partial charge in [-0.3, -0.25) is 0 Å². The van der Waals surface area contributed by atoms with Gasteiger partial charge < -0.3 is 14.2 Å². The molecule has 0 saturated heterocycles. The van der Waals surface area contributed by atoms with Crippen LogP contribution in [0.3, 0.4) is 0 Å². The van der Waals surface area contributed by atoms with Gasteiger partial charge in [0.05, 0.1) is 13.2 Å². The van der Waals surface area contributed by atoms with Crippen molar-refractivity contribution in [2.75, 3.05) is 13.2 Å². The zero-order chi connectivity index (χ0) is 34.4. The number of hydrogen-bond acceptors (Lipinski definition) is 5. The average Bonchev–Trinajstić information content (AvgIpc) is 3.14. The van der Waals surface area contributed by atoms with E-state index in [1.165, 1.54) is 6.08 Å². The Labute approximate surface area is 288 Å². The summed E-state index contributed by atoms with van der Waals surface area (Å²) in [6.07, 6.45) is 6.95. The lowest BCUT2D eigenvalue weighted by atomic mass is 10.0. The van der Waals surface area contributed by atoms with Crippen LogP contribution < -0.4 is 9.47 Å². The highest BCUT2D eigenvalue weighted by molar-refractivity contribution is 5.95. The van der Waals surface area contributed by atoms with Crippen molar-refractivity contribution in [2.24, 2.45) is 0 Å². The number of ether oxygens (including phenoxy) is 3. The first kappa shape index (κ1) is 34.3.